The Kier molecular flexibility index (Phi) is 6.52. The van der Waals surface area contributed by atoms with Crippen molar-refractivity contribution in [1.82, 2.24) is 0 Å². The maximum atomic E-state index is 13.4. The SMILES string of the molecule is CCCCOP(=O)(OCCCC)OCO[C@@H]1[C@@]2(C(C)C)O[C@H]2[C@@H]2O[C@]23[C@]12O[C@H]2C[C@H]1C2=C(CC[C@@]13C)C(=O)OC2. The number of phosphoric acid groups is 1. The molecule has 4 aliphatic heterocycles. The Morgan fingerprint density at radius 2 is 1.75 bits per heavy atom. The first-order valence-corrected chi connectivity index (χ1v) is 16.7. The van der Waals surface area contributed by atoms with E-state index < -0.39 is 30.7 Å². The van der Waals surface area contributed by atoms with Crippen LogP contribution in [0.2, 0.25) is 0 Å². The van der Waals surface area contributed by atoms with Crippen LogP contribution in [0.4, 0.5) is 0 Å². The number of carbonyl (C=O) groups excluding carboxylic acids is 1. The monoisotopic (exact) mass is 582 g/mol. The van der Waals surface area contributed by atoms with Crippen LogP contribution in [0.1, 0.15) is 79.6 Å². The molecule has 7 rings (SSSR count). The molecule has 0 amide bonds. The highest BCUT2D eigenvalue weighted by atomic mass is 31.2. The first-order valence-electron chi connectivity index (χ1n) is 15.2. The number of hydrogen-bond acceptors (Lipinski definition) is 10. The van der Waals surface area contributed by atoms with Crippen molar-refractivity contribution in [1.29, 1.82) is 0 Å². The molecule has 4 heterocycles. The molecular formula is C29H43O10P. The van der Waals surface area contributed by atoms with Crippen LogP contribution in [0.15, 0.2) is 11.1 Å². The molecule has 224 valence electrons. The Balaban J connectivity index is 1.16. The minimum atomic E-state index is -3.79. The highest BCUT2D eigenvalue weighted by molar-refractivity contribution is 7.48. The minimum absolute atomic E-state index is 0.0884. The number of fused-ring (bicyclic) bond motifs is 4. The summed E-state index contributed by atoms with van der Waals surface area (Å²) in [5.41, 5.74) is -0.131. The lowest BCUT2D eigenvalue weighted by Crippen LogP contribution is -2.69. The Morgan fingerprint density at radius 3 is 2.42 bits per heavy atom. The van der Waals surface area contributed by atoms with Gasteiger partial charge >= 0.3 is 13.8 Å². The number of hydrogen-bond donors (Lipinski definition) is 0. The van der Waals surface area contributed by atoms with E-state index in [0.717, 1.165) is 49.7 Å². The predicted octanol–water partition coefficient (Wildman–Crippen LogP) is 4.84. The molecule has 3 aliphatic carbocycles. The number of rotatable bonds is 13. The number of cyclic esters (lactones) is 1. The lowest BCUT2D eigenvalue weighted by molar-refractivity contribution is -0.156. The van der Waals surface area contributed by atoms with Crippen LogP contribution in [0.3, 0.4) is 0 Å². The molecule has 0 unspecified atom stereocenters. The van der Waals surface area contributed by atoms with Crippen LogP contribution in [0.25, 0.3) is 0 Å². The van der Waals surface area contributed by atoms with Crippen molar-refractivity contribution in [2.24, 2.45) is 17.3 Å². The van der Waals surface area contributed by atoms with E-state index >= 15 is 0 Å². The highest BCUT2D eigenvalue weighted by Crippen LogP contribution is 2.83. The van der Waals surface area contributed by atoms with E-state index in [1.165, 1.54) is 0 Å². The molecule has 2 spiro atoms. The summed E-state index contributed by atoms with van der Waals surface area (Å²) in [6.07, 6.45) is 4.84. The standard InChI is InChI=1S/C29H43O10P/c1-6-8-12-34-40(31,35-13-9-7-2)36-16-33-25-27(17(3)4)22(38-27)23-29(39-23)26(5)11-10-18-19(15-32-24(18)30)20(26)14-21-28(25,29)37-21/h17,20-23,25H,6-16H2,1-5H3/t20-,21-,22-,23-,25+,26-,27-,28+,29+/m0/s1. The first kappa shape index (κ1) is 28.0. The van der Waals surface area contributed by atoms with Crippen molar-refractivity contribution in [3.8, 4) is 0 Å². The second kappa shape index (κ2) is 9.33. The molecule has 9 atom stereocenters. The normalized spacial score (nSPS) is 45.6. The summed E-state index contributed by atoms with van der Waals surface area (Å²) in [6, 6.07) is 0. The van der Waals surface area contributed by atoms with Crippen LogP contribution < -0.4 is 0 Å². The average Bonchev–Trinajstić information content (AvgIpc) is 3.83. The molecular weight excluding hydrogens is 539 g/mol. The van der Waals surface area contributed by atoms with Crippen molar-refractivity contribution in [3.63, 3.8) is 0 Å². The van der Waals surface area contributed by atoms with Gasteiger partial charge in [0.05, 0.1) is 19.3 Å². The second-order valence-corrected chi connectivity index (χ2v) is 14.8. The van der Waals surface area contributed by atoms with Crippen LogP contribution in [-0.2, 0) is 46.6 Å². The van der Waals surface area contributed by atoms with E-state index in [9.17, 15) is 9.36 Å². The molecule has 0 aromatic rings. The Morgan fingerprint density at radius 1 is 1.02 bits per heavy atom. The average molecular weight is 583 g/mol. The zero-order valence-electron chi connectivity index (χ0n) is 24.3. The maximum absolute atomic E-state index is 13.4. The van der Waals surface area contributed by atoms with E-state index in [-0.39, 0.29) is 48.3 Å². The predicted molar refractivity (Wildman–Crippen MR) is 141 cm³/mol. The fourth-order valence-corrected chi connectivity index (χ4v) is 9.95. The molecule has 40 heavy (non-hydrogen) atoms. The van der Waals surface area contributed by atoms with Crippen molar-refractivity contribution in [2.75, 3.05) is 26.6 Å². The lowest BCUT2D eigenvalue weighted by Gasteiger charge is -2.54. The fraction of sp³-hybridized carbons (Fsp3) is 0.897. The van der Waals surface area contributed by atoms with Gasteiger partial charge in [0.2, 0.25) is 0 Å². The van der Waals surface area contributed by atoms with Crippen molar-refractivity contribution >= 4 is 13.8 Å². The molecule has 5 fully saturated rings. The molecule has 2 saturated carbocycles. The summed E-state index contributed by atoms with van der Waals surface area (Å²) in [5.74, 6) is 0.119. The van der Waals surface area contributed by atoms with Gasteiger partial charge in [-0.05, 0) is 49.5 Å². The Hall–Kier alpha value is -0.840. The van der Waals surface area contributed by atoms with Gasteiger partial charge in [0.1, 0.15) is 36.1 Å². The minimum Gasteiger partial charge on any atom is -0.458 e. The summed E-state index contributed by atoms with van der Waals surface area (Å²) < 4.78 is 62.5. The quantitative estimate of drug-likeness (QED) is 0.0981. The molecule has 10 nitrogen and oxygen atoms in total. The molecule has 0 aromatic heterocycles. The number of esters is 1. The van der Waals surface area contributed by atoms with Gasteiger partial charge in [-0.1, -0.05) is 47.5 Å². The molecule has 7 aliphatic rings. The second-order valence-electron chi connectivity index (χ2n) is 13.1. The van der Waals surface area contributed by atoms with Crippen molar-refractivity contribution < 1.29 is 46.6 Å². The summed E-state index contributed by atoms with van der Waals surface area (Å²) >= 11 is 0. The van der Waals surface area contributed by atoms with Crippen LogP contribution >= 0.6 is 7.82 Å². The van der Waals surface area contributed by atoms with Gasteiger partial charge in [-0.3, -0.25) is 13.6 Å². The summed E-state index contributed by atoms with van der Waals surface area (Å²) in [4.78, 5) is 12.4. The summed E-state index contributed by atoms with van der Waals surface area (Å²) in [7, 11) is -3.79. The number of carbonyl (C=O) groups is 1. The van der Waals surface area contributed by atoms with Gasteiger partial charge in [0, 0.05) is 11.0 Å². The van der Waals surface area contributed by atoms with Gasteiger partial charge in [0.15, 0.2) is 12.4 Å². The van der Waals surface area contributed by atoms with Crippen LogP contribution in [0, 0.1) is 17.3 Å². The number of unbranched alkanes of at least 4 members (excludes halogenated alkanes) is 2. The topological polar surface area (TPSA) is 118 Å². The van der Waals surface area contributed by atoms with Gasteiger partial charge in [0.25, 0.3) is 0 Å². The summed E-state index contributed by atoms with van der Waals surface area (Å²) in [5, 5.41) is 0. The number of phosphoric ester groups is 1. The summed E-state index contributed by atoms with van der Waals surface area (Å²) in [6.45, 7) is 11.3. The third kappa shape index (κ3) is 3.48. The molecule has 0 aromatic carbocycles. The first-order chi connectivity index (χ1) is 19.1. The molecule has 0 bridgehead atoms. The highest BCUT2D eigenvalue weighted by Gasteiger charge is 3.00. The largest absolute Gasteiger partial charge is 0.476 e. The van der Waals surface area contributed by atoms with Gasteiger partial charge < -0.3 is 23.7 Å². The van der Waals surface area contributed by atoms with E-state index in [2.05, 4.69) is 20.8 Å². The van der Waals surface area contributed by atoms with Gasteiger partial charge in [-0.15, -0.1) is 0 Å². The van der Waals surface area contributed by atoms with Gasteiger partial charge in [-0.25, -0.2) is 9.36 Å². The Labute approximate surface area is 236 Å². The van der Waals surface area contributed by atoms with Gasteiger partial charge in [-0.2, -0.15) is 0 Å². The number of ether oxygens (including phenoxy) is 5. The molecule has 11 heteroatoms. The van der Waals surface area contributed by atoms with Crippen molar-refractivity contribution in [3.05, 3.63) is 11.1 Å². The maximum Gasteiger partial charge on any atom is 0.476 e. The smallest absolute Gasteiger partial charge is 0.458 e. The van der Waals surface area contributed by atoms with Crippen LogP contribution in [0.5, 0.6) is 0 Å². The van der Waals surface area contributed by atoms with Crippen LogP contribution in [-0.4, -0.2) is 73.8 Å². The number of epoxide rings is 3. The third-order valence-electron chi connectivity index (χ3n) is 11.0. The molecule has 0 N–H and O–H groups in total. The van der Waals surface area contributed by atoms with E-state index in [1.54, 1.807) is 0 Å². The molecule has 3 saturated heterocycles. The zero-order chi connectivity index (χ0) is 28.1. The molecule has 0 radical (unpaired) electrons. The fourth-order valence-electron chi connectivity index (χ4n) is 8.83. The van der Waals surface area contributed by atoms with Crippen molar-refractivity contribution in [2.45, 2.75) is 121 Å². The lowest BCUT2D eigenvalue weighted by atomic mass is 9.46. The zero-order valence-corrected chi connectivity index (χ0v) is 25.2. The van der Waals surface area contributed by atoms with E-state index in [4.69, 9.17) is 37.3 Å². The third-order valence-corrected chi connectivity index (χ3v) is 12.4. The van der Waals surface area contributed by atoms with E-state index in [1.807, 2.05) is 13.8 Å². The Bertz CT molecular complexity index is 1140. The van der Waals surface area contributed by atoms with E-state index in [0.29, 0.717) is 26.2 Å².